The Balaban J connectivity index is 1.76. The van der Waals surface area contributed by atoms with E-state index in [0.717, 1.165) is 36.4 Å². The lowest BCUT2D eigenvalue weighted by molar-refractivity contribution is 0.0208. The first-order valence-corrected chi connectivity index (χ1v) is 8.81. The molecule has 116 valence electrons. The van der Waals surface area contributed by atoms with Gasteiger partial charge in [0, 0.05) is 31.7 Å². The number of methoxy groups -OCH3 is 1. The molecule has 0 unspecified atom stereocenters. The number of hydrogen-bond donors (Lipinski definition) is 1. The smallest absolute Gasteiger partial charge is 0.133 e. The molecule has 1 saturated heterocycles. The second-order valence-corrected chi connectivity index (χ2v) is 7.21. The van der Waals surface area contributed by atoms with Crippen molar-refractivity contribution in [2.75, 3.05) is 26.7 Å². The molecule has 1 heterocycles. The van der Waals surface area contributed by atoms with E-state index in [1.54, 1.807) is 7.11 Å². The Morgan fingerprint density at radius 2 is 2.10 bits per heavy atom. The summed E-state index contributed by atoms with van der Waals surface area (Å²) in [4.78, 5) is 2.72. The second kappa shape index (κ2) is 6.67. The van der Waals surface area contributed by atoms with E-state index in [2.05, 4.69) is 44.3 Å². The zero-order chi connectivity index (χ0) is 14.7. The molecule has 3 rings (SSSR count). The topological polar surface area (TPSA) is 24.5 Å². The zero-order valence-electron chi connectivity index (χ0n) is 12.8. The minimum Gasteiger partial charge on any atom is -0.496 e. The maximum Gasteiger partial charge on any atom is 0.133 e. The lowest BCUT2D eigenvalue weighted by atomic mass is 9.79. The van der Waals surface area contributed by atoms with Gasteiger partial charge in [-0.2, -0.15) is 0 Å². The molecule has 0 bridgehead atoms. The molecule has 1 aromatic carbocycles. The number of nitrogens with zero attached hydrogens (tertiary/aromatic N) is 1. The van der Waals surface area contributed by atoms with Gasteiger partial charge < -0.3 is 10.1 Å². The normalized spacial score (nSPS) is 22.4. The average molecular weight is 353 g/mol. The molecule has 4 heteroatoms. The van der Waals surface area contributed by atoms with Gasteiger partial charge in [-0.25, -0.2) is 0 Å². The summed E-state index contributed by atoms with van der Waals surface area (Å²) in [6.45, 7) is 4.47. The van der Waals surface area contributed by atoms with Gasteiger partial charge in [-0.15, -0.1) is 0 Å². The Bertz CT molecular complexity index is 477. The number of piperazine rings is 1. The van der Waals surface area contributed by atoms with Gasteiger partial charge in [-0.1, -0.05) is 25.3 Å². The first kappa shape index (κ1) is 15.3. The number of nitrogens with one attached hydrogen (secondary N) is 1. The van der Waals surface area contributed by atoms with Gasteiger partial charge in [0.15, 0.2) is 0 Å². The van der Waals surface area contributed by atoms with Gasteiger partial charge in [-0.3, -0.25) is 4.90 Å². The molecule has 3 nitrogen and oxygen atoms in total. The number of benzene rings is 1. The minimum atomic E-state index is 0.392. The summed E-state index contributed by atoms with van der Waals surface area (Å²) in [7, 11) is 1.72. The van der Waals surface area contributed by atoms with E-state index >= 15 is 0 Å². The van der Waals surface area contributed by atoms with Gasteiger partial charge >= 0.3 is 0 Å². The second-order valence-electron chi connectivity index (χ2n) is 6.35. The Hall–Kier alpha value is -0.580. The molecule has 0 atom stereocenters. The molecule has 1 aliphatic heterocycles. The summed E-state index contributed by atoms with van der Waals surface area (Å²) >= 11 is 3.60. The molecule has 1 N–H and O–H groups in total. The van der Waals surface area contributed by atoms with Gasteiger partial charge in [0.1, 0.15) is 5.75 Å². The zero-order valence-corrected chi connectivity index (χ0v) is 14.4. The lowest BCUT2D eigenvalue weighted by Crippen LogP contribution is -2.61. The molecular weight excluding hydrogens is 328 g/mol. The fourth-order valence-electron chi connectivity index (χ4n) is 3.86. The molecule has 0 aromatic heterocycles. The van der Waals surface area contributed by atoms with Gasteiger partial charge in [-0.05, 0) is 46.5 Å². The third-order valence-electron chi connectivity index (χ3n) is 5.06. The van der Waals surface area contributed by atoms with Crippen LogP contribution in [-0.4, -0.2) is 37.2 Å². The molecule has 1 aliphatic carbocycles. The fraction of sp³-hybridized carbons (Fsp3) is 0.647. The van der Waals surface area contributed by atoms with Crippen molar-refractivity contribution in [2.45, 2.75) is 44.2 Å². The Labute approximate surface area is 136 Å². The van der Waals surface area contributed by atoms with Crippen LogP contribution in [0.25, 0.3) is 0 Å². The van der Waals surface area contributed by atoms with Crippen LogP contribution in [0.1, 0.15) is 37.7 Å². The standard InChI is InChI=1S/C17H25BrN2O/c1-21-16-6-5-14(11-15(16)18)12-20-10-9-19-13-17(20)7-3-2-4-8-17/h5-6,11,19H,2-4,7-10,12-13H2,1H3. The van der Waals surface area contributed by atoms with Crippen LogP contribution < -0.4 is 10.1 Å². The first-order valence-electron chi connectivity index (χ1n) is 8.02. The lowest BCUT2D eigenvalue weighted by Gasteiger charge is -2.50. The van der Waals surface area contributed by atoms with Crippen molar-refractivity contribution in [3.63, 3.8) is 0 Å². The molecule has 2 aliphatic rings. The summed E-state index contributed by atoms with van der Waals surface area (Å²) in [6.07, 6.45) is 6.85. The maximum atomic E-state index is 5.33. The third kappa shape index (κ3) is 3.27. The van der Waals surface area contributed by atoms with Crippen LogP contribution in [0.15, 0.2) is 22.7 Å². The van der Waals surface area contributed by atoms with E-state index in [4.69, 9.17) is 4.74 Å². The number of rotatable bonds is 3. The van der Waals surface area contributed by atoms with Crippen molar-refractivity contribution in [1.29, 1.82) is 0 Å². The molecule has 0 amide bonds. The quantitative estimate of drug-likeness (QED) is 0.899. The minimum absolute atomic E-state index is 0.392. The Morgan fingerprint density at radius 3 is 2.81 bits per heavy atom. The number of halogens is 1. The van der Waals surface area contributed by atoms with Crippen molar-refractivity contribution in [2.24, 2.45) is 0 Å². The van der Waals surface area contributed by atoms with Crippen LogP contribution >= 0.6 is 15.9 Å². The van der Waals surface area contributed by atoms with Crippen LogP contribution in [0.5, 0.6) is 5.75 Å². The summed E-state index contributed by atoms with van der Waals surface area (Å²) in [5, 5.41) is 3.62. The Kier molecular flexibility index (Phi) is 4.87. The Morgan fingerprint density at radius 1 is 1.29 bits per heavy atom. The molecule has 0 radical (unpaired) electrons. The van der Waals surface area contributed by atoms with Crippen LogP contribution in [0.4, 0.5) is 0 Å². The first-order chi connectivity index (χ1) is 10.2. The van der Waals surface area contributed by atoms with E-state index < -0.39 is 0 Å². The summed E-state index contributed by atoms with van der Waals surface area (Å²) < 4.78 is 6.38. The molecule has 1 aromatic rings. The monoisotopic (exact) mass is 352 g/mol. The largest absolute Gasteiger partial charge is 0.496 e. The highest BCUT2D eigenvalue weighted by Gasteiger charge is 2.39. The van der Waals surface area contributed by atoms with Crippen LogP contribution in [0.3, 0.4) is 0 Å². The van der Waals surface area contributed by atoms with Gasteiger partial charge in [0.2, 0.25) is 0 Å². The SMILES string of the molecule is COc1ccc(CN2CCNCC23CCCCC3)cc1Br. The maximum absolute atomic E-state index is 5.33. The molecule has 1 spiro atoms. The molecule has 2 fully saturated rings. The van der Waals surface area contributed by atoms with Crippen molar-refractivity contribution >= 4 is 15.9 Å². The van der Waals surface area contributed by atoms with Crippen LogP contribution in [0.2, 0.25) is 0 Å². The predicted molar refractivity (Wildman–Crippen MR) is 89.8 cm³/mol. The van der Waals surface area contributed by atoms with Crippen molar-refractivity contribution in [3.8, 4) is 5.75 Å². The summed E-state index contributed by atoms with van der Waals surface area (Å²) in [6, 6.07) is 6.47. The van der Waals surface area contributed by atoms with Crippen LogP contribution in [-0.2, 0) is 6.54 Å². The molecular formula is C17H25BrN2O. The molecule has 1 saturated carbocycles. The van der Waals surface area contributed by atoms with E-state index in [9.17, 15) is 0 Å². The van der Waals surface area contributed by atoms with Crippen molar-refractivity contribution in [1.82, 2.24) is 10.2 Å². The third-order valence-corrected chi connectivity index (χ3v) is 5.68. The fourth-order valence-corrected chi connectivity index (χ4v) is 4.45. The summed E-state index contributed by atoms with van der Waals surface area (Å²) in [5.74, 6) is 0.909. The van der Waals surface area contributed by atoms with Gasteiger partial charge in [0.05, 0.1) is 11.6 Å². The van der Waals surface area contributed by atoms with Crippen molar-refractivity contribution < 1.29 is 4.74 Å². The highest BCUT2D eigenvalue weighted by Crippen LogP contribution is 2.36. The highest BCUT2D eigenvalue weighted by molar-refractivity contribution is 9.10. The molecule has 21 heavy (non-hydrogen) atoms. The van der Waals surface area contributed by atoms with Crippen LogP contribution in [0, 0.1) is 0 Å². The summed E-state index contributed by atoms with van der Waals surface area (Å²) in [5.41, 5.74) is 1.76. The van der Waals surface area contributed by atoms with E-state index in [0.29, 0.717) is 5.54 Å². The van der Waals surface area contributed by atoms with E-state index in [1.807, 2.05) is 0 Å². The van der Waals surface area contributed by atoms with E-state index in [1.165, 1.54) is 37.7 Å². The van der Waals surface area contributed by atoms with Gasteiger partial charge in [0.25, 0.3) is 0 Å². The number of hydrogen-bond acceptors (Lipinski definition) is 3. The number of ether oxygens (including phenoxy) is 1. The predicted octanol–water partition coefficient (Wildman–Crippen LogP) is 3.57. The average Bonchev–Trinajstić information content (AvgIpc) is 2.51. The van der Waals surface area contributed by atoms with E-state index in [-0.39, 0.29) is 0 Å². The highest BCUT2D eigenvalue weighted by atomic mass is 79.9. The van der Waals surface area contributed by atoms with Crippen molar-refractivity contribution in [3.05, 3.63) is 28.2 Å².